The van der Waals surface area contributed by atoms with Crippen molar-refractivity contribution in [1.29, 1.82) is 21.0 Å². The number of hydrogen-bond donors (Lipinski definition) is 0. The predicted molar refractivity (Wildman–Crippen MR) is 84.6 cm³/mol. The Balaban J connectivity index is 2.62. The molecule has 0 aromatic heterocycles. The second kappa shape index (κ2) is 5.84. The smallest absolute Gasteiger partial charge is 0.185 e. The summed E-state index contributed by atoms with van der Waals surface area (Å²) >= 11 is 0. The van der Waals surface area contributed by atoms with Crippen molar-refractivity contribution in [3.05, 3.63) is 42.0 Å². The molecule has 0 spiro atoms. The molecule has 0 heterocycles. The highest BCUT2D eigenvalue weighted by Gasteiger charge is 2.59. The van der Waals surface area contributed by atoms with E-state index in [2.05, 4.69) is 0 Å². The van der Waals surface area contributed by atoms with Gasteiger partial charge in [0.05, 0.1) is 24.3 Å². The Labute approximate surface area is 135 Å². The Morgan fingerprint density at radius 2 is 1.52 bits per heavy atom. The summed E-state index contributed by atoms with van der Waals surface area (Å²) in [5.74, 6) is -0.623. The van der Waals surface area contributed by atoms with E-state index in [9.17, 15) is 21.0 Å². The first-order valence-corrected chi connectivity index (χ1v) is 7.09. The first-order chi connectivity index (χ1) is 11.0. The number of nitriles is 4. The van der Waals surface area contributed by atoms with E-state index in [-0.39, 0.29) is 6.42 Å². The van der Waals surface area contributed by atoms with Crippen molar-refractivity contribution in [2.45, 2.75) is 12.3 Å². The van der Waals surface area contributed by atoms with Gasteiger partial charge in [-0.3, -0.25) is 0 Å². The summed E-state index contributed by atoms with van der Waals surface area (Å²) in [6.07, 6.45) is 3.54. The van der Waals surface area contributed by atoms with Crippen LogP contribution in [0.3, 0.4) is 0 Å². The van der Waals surface area contributed by atoms with Crippen molar-refractivity contribution in [1.82, 2.24) is 0 Å². The molecule has 5 heteroatoms. The van der Waals surface area contributed by atoms with Crippen molar-refractivity contribution in [2.75, 3.05) is 19.0 Å². The molecular weight excluding hydrogens is 286 g/mol. The molecule has 0 saturated carbocycles. The number of rotatable bonds is 2. The molecule has 112 valence electrons. The van der Waals surface area contributed by atoms with Gasteiger partial charge in [-0.1, -0.05) is 24.3 Å². The molecule has 1 aliphatic rings. The average molecular weight is 301 g/mol. The summed E-state index contributed by atoms with van der Waals surface area (Å²) < 4.78 is 0. The minimum absolute atomic E-state index is 0.0768. The molecule has 1 aromatic rings. The average Bonchev–Trinajstić information content (AvgIpc) is 2.60. The Kier molecular flexibility index (Phi) is 4.09. The summed E-state index contributed by atoms with van der Waals surface area (Å²) in [5, 5.41) is 38.4. The van der Waals surface area contributed by atoms with Crippen molar-refractivity contribution < 1.29 is 0 Å². The number of benzene rings is 1. The fraction of sp³-hybridized carbons (Fsp3) is 0.333. The Morgan fingerprint density at radius 1 is 0.957 bits per heavy atom. The van der Waals surface area contributed by atoms with Crippen LogP contribution in [-0.2, 0) is 0 Å². The molecule has 23 heavy (non-hydrogen) atoms. The molecule has 2 rings (SSSR count). The number of nitrogens with zero attached hydrogens (tertiary/aromatic N) is 5. The molecule has 0 fully saturated rings. The van der Waals surface area contributed by atoms with Gasteiger partial charge >= 0.3 is 0 Å². The van der Waals surface area contributed by atoms with Crippen LogP contribution in [0.1, 0.15) is 17.9 Å². The van der Waals surface area contributed by atoms with Crippen LogP contribution in [0.15, 0.2) is 36.4 Å². The lowest BCUT2D eigenvalue weighted by molar-refractivity contribution is 0.259. The van der Waals surface area contributed by atoms with Crippen LogP contribution in [0.5, 0.6) is 0 Å². The van der Waals surface area contributed by atoms with Gasteiger partial charge in [-0.15, -0.1) is 0 Å². The van der Waals surface area contributed by atoms with Gasteiger partial charge in [-0.25, -0.2) is 0 Å². The fourth-order valence-corrected chi connectivity index (χ4v) is 2.94. The second-order valence-corrected chi connectivity index (χ2v) is 5.76. The largest absolute Gasteiger partial charge is 0.378 e. The zero-order chi connectivity index (χ0) is 17.1. The number of anilines is 1. The molecular formula is C18H15N5. The summed E-state index contributed by atoms with van der Waals surface area (Å²) in [6, 6.07) is 15.2. The van der Waals surface area contributed by atoms with E-state index in [4.69, 9.17) is 0 Å². The fourth-order valence-electron chi connectivity index (χ4n) is 2.94. The summed E-state index contributed by atoms with van der Waals surface area (Å²) in [7, 11) is 3.83. The van der Waals surface area contributed by atoms with Crippen LogP contribution < -0.4 is 4.90 Å². The SMILES string of the molecule is CN(C)c1ccc(C2C=CCC(C#N)(C#N)C2(C#N)C#N)cc1. The first-order valence-electron chi connectivity index (χ1n) is 7.09. The zero-order valence-corrected chi connectivity index (χ0v) is 13.0. The summed E-state index contributed by atoms with van der Waals surface area (Å²) in [4.78, 5) is 1.94. The molecule has 0 amide bonds. The van der Waals surface area contributed by atoms with E-state index in [1.54, 1.807) is 12.2 Å². The third-order valence-electron chi connectivity index (χ3n) is 4.40. The van der Waals surface area contributed by atoms with Crippen molar-refractivity contribution in [3.8, 4) is 24.3 Å². The standard InChI is InChI=1S/C18H15N5/c1-23(2)15-7-5-14(6-8-15)16-4-3-9-17(10-19,11-20)18(16,12-21)13-22/h3-8,16H,9H2,1-2H3. The zero-order valence-electron chi connectivity index (χ0n) is 13.0. The highest BCUT2D eigenvalue weighted by atomic mass is 15.1. The van der Waals surface area contributed by atoms with Crippen LogP contribution in [0.2, 0.25) is 0 Å². The highest BCUT2D eigenvalue weighted by Crippen LogP contribution is 2.54. The monoisotopic (exact) mass is 301 g/mol. The summed E-state index contributed by atoms with van der Waals surface area (Å²) in [5.41, 5.74) is -1.68. The normalized spacial score (nSPS) is 20.3. The third kappa shape index (κ3) is 2.20. The van der Waals surface area contributed by atoms with Gasteiger partial charge in [0.25, 0.3) is 0 Å². The minimum atomic E-state index is -1.73. The van der Waals surface area contributed by atoms with Crippen molar-refractivity contribution in [3.63, 3.8) is 0 Å². The van der Waals surface area contributed by atoms with Gasteiger partial charge in [-0.05, 0) is 24.1 Å². The van der Waals surface area contributed by atoms with Crippen LogP contribution in [0.4, 0.5) is 5.69 Å². The molecule has 5 nitrogen and oxygen atoms in total. The molecule has 1 atom stereocenters. The van der Waals surface area contributed by atoms with Gasteiger partial charge in [0.15, 0.2) is 10.8 Å². The Morgan fingerprint density at radius 3 is 1.96 bits per heavy atom. The Bertz CT molecular complexity index is 762. The maximum absolute atomic E-state index is 9.70. The molecule has 0 radical (unpaired) electrons. The van der Waals surface area contributed by atoms with Gasteiger partial charge in [0, 0.05) is 25.7 Å². The van der Waals surface area contributed by atoms with Gasteiger partial charge in [0.1, 0.15) is 0 Å². The summed E-state index contributed by atoms with van der Waals surface area (Å²) in [6.45, 7) is 0. The maximum Gasteiger partial charge on any atom is 0.185 e. The highest BCUT2D eigenvalue weighted by molar-refractivity contribution is 5.51. The lowest BCUT2D eigenvalue weighted by atomic mass is 9.54. The van der Waals surface area contributed by atoms with Crippen LogP contribution >= 0.6 is 0 Å². The maximum atomic E-state index is 9.70. The second-order valence-electron chi connectivity index (χ2n) is 5.76. The third-order valence-corrected chi connectivity index (χ3v) is 4.40. The minimum Gasteiger partial charge on any atom is -0.378 e. The van der Waals surface area contributed by atoms with Crippen LogP contribution in [0, 0.1) is 56.2 Å². The Hall–Kier alpha value is -3.28. The van der Waals surface area contributed by atoms with E-state index >= 15 is 0 Å². The molecule has 0 saturated heterocycles. The van der Waals surface area contributed by atoms with Gasteiger partial charge < -0.3 is 4.90 Å². The molecule has 0 N–H and O–H groups in total. The van der Waals surface area contributed by atoms with Crippen LogP contribution in [0.25, 0.3) is 0 Å². The van der Waals surface area contributed by atoms with E-state index in [1.807, 2.05) is 67.5 Å². The molecule has 1 aromatic carbocycles. The van der Waals surface area contributed by atoms with Gasteiger partial charge in [-0.2, -0.15) is 21.0 Å². The molecule has 1 aliphatic carbocycles. The molecule has 0 bridgehead atoms. The lowest BCUT2D eigenvalue weighted by Crippen LogP contribution is -2.44. The number of allylic oxidation sites excluding steroid dienone is 2. The molecule has 0 aliphatic heterocycles. The lowest BCUT2D eigenvalue weighted by Gasteiger charge is -2.38. The number of hydrogen-bond acceptors (Lipinski definition) is 5. The quantitative estimate of drug-likeness (QED) is 0.782. The predicted octanol–water partition coefficient (Wildman–Crippen LogP) is 2.86. The van der Waals surface area contributed by atoms with Crippen molar-refractivity contribution in [2.24, 2.45) is 10.8 Å². The van der Waals surface area contributed by atoms with E-state index < -0.39 is 16.7 Å². The van der Waals surface area contributed by atoms with E-state index in [0.717, 1.165) is 11.3 Å². The van der Waals surface area contributed by atoms with E-state index in [0.29, 0.717) is 0 Å². The van der Waals surface area contributed by atoms with E-state index in [1.165, 1.54) is 0 Å². The van der Waals surface area contributed by atoms with Crippen molar-refractivity contribution >= 4 is 5.69 Å². The topological polar surface area (TPSA) is 98.4 Å². The van der Waals surface area contributed by atoms with Gasteiger partial charge in [0.2, 0.25) is 0 Å². The first kappa shape index (κ1) is 16.1. The van der Waals surface area contributed by atoms with Crippen LogP contribution in [-0.4, -0.2) is 14.1 Å². The molecule has 1 unspecified atom stereocenters.